The second kappa shape index (κ2) is 7.29. The second-order valence-electron chi connectivity index (χ2n) is 5.18. The molecule has 4 heteroatoms. The summed E-state index contributed by atoms with van der Waals surface area (Å²) in [7, 11) is 0. The Hall–Kier alpha value is -1.78. The maximum absolute atomic E-state index is 13.5. The summed E-state index contributed by atoms with van der Waals surface area (Å²) < 4.78 is 26.4. The van der Waals surface area contributed by atoms with Gasteiger partial charge in [0, 0.05) is 24.2 Å². The SMILES string of the molecule is CC(Cc1ccccc1)NCC(O)c1ccc(F)cc1F. The molecule has 0 aliphatic heterocycles. The van der Waals surface area contributed by atoms with E-state index >= 15 is 0 Å². The van der Waals surface area contributed by atoms with E-state index in [-0.39, 0.29) is 18.2 Å². The van der Waals surface area contributed by atoms with Gasteiger partial charge in [0.1, 0.15) is 11.6 Å². The molecular weight excluding hydrogens is 272 g/mol. The van der Waals surface area contributed by atoms with Crippen molar-refractivity contribution in [3.05, 3.63) is 71.3 Å². The summed E-state index contributed by atoms with van der Waals surface area (Å²) in [5.74, 6) is -1.37. The van der Waals surface area contributed by atoms with Crippen LogP contribution in [0.3, 0.4) is 0 Å². The highest BCUT2D eigenvalue weighted by atomic mass is 19.1. The number of hydrogen-bond donors (Lipinski definition) is 2. The highest BCUT2D eigenvalue weighted by Crippen LogP contribution is 2.17. The van der Waals surface area contributed by atoms with E-state index in [1.807, 2.05) is 37.3 Å². The molecule has 2 N–H and O–H groups in total. The molecule has 0 amide bonds. The first-order valence-corrected chi connectivity index (χ1v) is 6.96. The van der Waals surface area contributed by atoms with Gasteiger partial charge in [-0.2, -0.15) is 0 Å². The van der Waals surface area contributed by atoms with Gasteiger partial charge in [-0.05, 0) is 25.0 Å². The van der Waals surface area contributed by atoms with E-state index < -0.39 is 17.7 Å². The molecule has 0 saturated heterocycles. The number of halogens is 2. The highest BCUT2D eigenvalue weighted by molar-refractivity contribution is 5.21. The summed E-state index contributed by atoms with van der Waals surface area (Å²) in [6.07, 6.45) is -0.178. The Bertz CT molecular complexity index is 574. The van der Waals surface area contributed by atoms with Crippen molar-refractivity contribution in [3.8, 4) is 0 Å². The molecule has 0 saturated carbocycles. The normalized spacial score (nSPS) is 13.9. The molecule has 0 aliphatic rings. The summed E-state index contributed by atoms with van der Waals surface area (Å²) in [6.45, 7) is 2.22. The molecule has 0 spiro atoms. The van der Waals surface area contributed by atoms with Crippen LogP contribution in [0.25, 0.3) is 0 Å². The Morgan fingerprint density at radius 1 is 1.10 bits per heavy atom. The molecule has 2 rings (SSSR count). The van der Waals surface area contributed by atoms with Crippen molar-refractivity contribution in [1.82, 2.24) is 5.32 Å². The zero-order valence-corrected chi connectivity index (χ0v) is 11.9. The van der Waals surface area contributed by atoms with E-state index in [0.717, 1.165) is 18.6 Å². The van der Waals surface area contributed by atoms with Gasteiger partial charge in [0.15, 0.2) is 0 Å². The first kappa shape index (κ1) is 15.6. The van der Waals surface area contributed by atoms with Gasteiger partial charge in [-0.25, -0.2) is 8.78 Å². The molecule has 2 unspecified atom stereocenters. The molecular formula is C17H19F2NO. The Balaban J connectivity index is 1.87. The van der Waals surface area contributed by atoms with Gasteiger partial charge in [0.25, 0.3) is 0 Å². The maximum Gasteiger partial charge on any atom is 0.131 e. The summed E-state index contributed by atoms with van der Waals surface area (Å²) in [4.78, 5) is 0. The van der Waals surface area contributed by atoms with Gasteiger partial charge in [-0.1, -0.05) is 36.4 Å². The zero-order valence-electron chi connectivity index (χ0n) is 11.9. The fourth-order valence-corrected chi connectivity index (χ4v) is 2.23. The molecule has 2 atom stereocenters. The number of nitrogens with one attached hydrogen (secondary N) is 1. The molecule has 0 heterocycles. The Labute approximate surface area is 123 Å². The molecule has 0 bridgehead atoms. The average molecular weight is 291 g/mol. The van der Waals surface area contributed by atoms with Gasteiger partial charge in [-0.3, -0.25) is 0 Å². The van der Waals surface area contributed by atoms with Crippen LogP contribution >= 0.6 is 0 Å². The second-order valence-corrected chi connectivity index (χ2v) is 5.18. The molecule has 21 heavy (non-hydrogen) atoms. The van der Waals surface area contributed by atoms with Crippen molar-refractivity contribution < 1.29 is 13.9 Å². The monoisotopic (exact) mass is 291 g/mol. The maximum atomic E-state index is 13.5. The van der Waals surface area contributed by atoms with Gasteiger partial charge in [0.2, 0.25) is 0 Å². The van der Waals surface area contributed by atoms with Gasteiger partial charge < -0.3 is 10.4 Å². The number of aliphatic hydroxyl groups is 1. The Kier molecular flexibility index (Phi) is 5.42. The van der Waals surface area contributed by atoms with Gasteiger partial charge in [-0.15, -0.1) is 0 Å². The minimum Gasteiger partial charge on any atom is -0.387 e. The molecule has 112 valence electrons. The predicted octanol–water partition coefficient (Wildman–Crippen LogP) is 3.22. The van der Waals surface area contributed by atoms with Crippen LogP contribution in [0.2, 0.25) is 0 Å². The topological polar surface area (TPSA) is 32.3 Å². The standard InChI is InChI=1S/C17H19F2NO/c1-12(9-13-5-3-2-4-6-13)20-11-17(21)15-8-7-14(18)10-16(15)19/h2-8,10,12,17,20-21H,9,11H2,1H3. The fourth-order valence-electron chi connectivity index (χ4n) is 2.23. The average Bonchev–Trinajstić information content (AvgIpc) is 2.46. The van der Waals surface area contributed by atoms with Gasteiger partial charge >= 0.3 is 0 Å². The lowest BCUT2D eigenvalue weighted by Gasteiger charge is -2.18. The van der Waals surface area contributed by atoms with Crippen LogP contribution in [0.15, 0.2) is 48.5 Å². The van der Waals surface area contributed by atoms with Gasteiger partial charge in [0.05, 0.1) is 6.10 Å². The first-order valence-electron chi connectivity index (χ1n) is 6.96. The summed E-state index contributed by atoms with van der Waals surface area (Å²) in [6, 6.07) is 13.3. The van der Waals surface area contributed by atoms with Crippen molar-refractivity contribution in [2.45, 2.75) is 25.5 Å². The van der Waals surface area contributed by atoms with Crippen LogP contribution in [0.1, 0.15) is 24.2 Å². The van der Waals surface area contributed by atoms with E-state index in [1.165, 1.54) is 11.6 Å². The number of hydrogen-bond acceptors (Lipinski definition) is 2. The quantitative estimate of drug-likeness (QED) is 0.856. The first-order chi connectivity index (χ1) is 10.1. The van der Waals surface area contributed by atoms with Crippen LogP contribution in [-0.4, -0.2) is 17.7 Å². The Morgan fingerprint density at radius 3 is 2.48 bits per heavy atom. The third-order valence-electron chi connectivity index (χ3n) is 3.37. The largest absolute Gasteiger partial charge is 0.387 e. The number of aliphatic hydroxyl groups excluding tert-OH is 1. The summed E-state index contributed by atoms with van der Waals surface area (Å²) in [5.41, 5.74) is 1.30. The molecule has 0 aliphatic carbocycles. The van der Waals surface area contributed by atoms with Crippen molar-refractivity contribution in [2.24, 2.45) is 0 Å². The van der Waals surface area contributed by atoms with Crippen LogP contribution in [0, 0.1) is 11.6 Å². The molecule has 0 radical (unpaired) electrons. The lowest BCUT2D eigenvalue weighted by atomic mass is 10.1. The van der Waals surface area contributed by atoms with Crippen LogP contribution in [0.5, 0.6) is 0 Å². The minimum absolute atomic E-state index is 0.107. The fraction of sp³-hybridized carbons (Fsp3) is 0.294. The third kappa shape index (κ3) is 4.62. The van der Waals surface area contributed by atoms with E-state index in [1.54, 1.807) is 0 Å². The molecule has 2 aromatic carbocycles. The smallest absolute Gasteiger partial charge is 0.131 e. The zero-order chi connectivity index (χ0) is 15.2. The summed E-state index contributed by atoms with van der Waals surface area (Å²) >= 11 is 0. The minimum atomic E-state index is -0.996. The Morgan fingerprint density at radius 2 is 1.81 bits per heavy atom. The van der Waals surface area contributed by atoms with E-state index in [0.29, 0.717) is 0 Å². The van der Waals surface area contributed by atoms with Crippen LogP contribution < -0.4 is 5.32 Å². The molecule has 0 aromatic heterocycles. The van der Waals surface area contributed by atoms with Crippen molar-refractivity contribution >= 4 is 0 Å². The highest BCUT2D eigenvalue weighted by Gasteiger charge is 2.14. The lowest BCUT2D eigenvalue weighted by Crippen LogP contribution is -2.32. The van der Waals surface area contributed by atoms with Crippen molar-refractivity contribution in [3.63, 3.8) is 0 Å². The van der Waals surface area contributed by atoms with E-state index in [9.17, 15) is 13.9 Å². The third-order valence-corrected chi connectivity index (χ3v) is 3.37. The molecule has 0 fully saturated rings. The van der Waals surface area contributed by atoms with Crippen molar-refractivity contribution in [2.75, 3.05) is 6.54 Å². The molecule has 2 aromatic rings. The van der Waals surface area contributed by atoms with Crippen LogP contribution in [0.4, 0.5) is 8.78 Å². The van der Waals surface area contributed by atoms with E-state index in [2.05, 4.69) is 5.32 Å². The predicted molar refractivity (Wildman–Crippen MR) is 78.9 cm³/mol. The lowest BCUT2D eigenvalue weighted by molar-refractivity contribution is 0.166. The van der Waals surface area contributed by atoms with Crippen LogP contribution in [-0.2, 0) is 6.42 Å². The number of benzene rings is 2. The van der Waals surface area contributed by atoms with Crippen molar-refractivity contribution in [1.29, 1.82) is 0 Å². The number of rotatable bonds is 6. The molecule has 2 nitrogen and oxygen atoms in total. The van der Waals surface area contributed by atoms with E-state index in [4.69, 9.17) is 0 Å². The summed E-state index contributed by atoms with van der Waals surface area (Å²) in [5, 5.41) is 13.1.